The van der Waals surface area contributed by atoms with E-state index in [1.165, 1.54) is 0 Å². The Labute approximate surface area is 123 Å². The molecule has 0 saturated carbocycles. The predicted molar refractivity (Wildman–Crippen MR) is 80.2 cm³/mol. The Hall–Kier alpha value is -2.33. The lowest BCUT2D eigenvalue weighted by Gasteiger charge is -2.07. The third-order valence-corrected chi connectivity index (χ3v) is 3.37. The van der Waals surface area contributed by atoms with Crippen LogP contribution in [-0.2, 0) is 13.2 Å². The number of nitrogens with zero attached hydrogens (tertiary/aromatic N) is 1. The molecular weight excluding hydrogens is 266 g/mol. The molecule has 0 fully saturated rings. The van der Waals surface area contributed by atoms with Crippen molar-refractivity contribution < 1.29 is 14.3 Å². The lowest BCUT2D eigenvalue weighted by Crippen LogP contribution is -1.97. The van der Waals surface area contributed by atoms with Crippen molar-refractivity contribution in [3.8, 4) is 5.75 Å². The average molecular weight is 283 g/mol. The Balaban J connectivity index is 1.80. The van der Waals surface area contributed by atoms with Gasteiger partial charge in [0, 0.05) is 0 Å². The van der Waals surface area contributed by atoms with E-state index in [9.17, 15) is 0 Å². The minimum Gasteiger partial charge on any atom is -0.484 e. The smallest absolute Gasteiger partial charge is 0.233 e. The van der Waals surface area contributed by atoms with Crippen LogP contribution in [0.4, 0.5) is 0 Å². The van der Waals surface area contributed by atoms with Crippen molar-refractivity contribution in [3.05, 3.63) is 59.0 Å². The normalized spacial score (nSPS) is 11.0. The lowest BCUT2D eigenvalue weighted by molar-refractivity contribution is 0.265. The number of aliphatic hydroxyl groups is 1. The van der Waals surface area contributed by atoms with E-state index in [4.69, 9.17) is 14.3 Å². The Morgan fingerprint density at radius 3 is 2.81 bits per heavy atom. The molecule has 1 N–H and O–H groups in total. The van der Waals surface area contributed by atoms with Crippen LogP contribution in [0.2, 0.25) is 0 Å². The van der Waals surface area contributed by atoms with Crippen molar-refractivity contribution in [1.82, 2.24) is 4.98 Å². The van der Waals surface area contributed by atoms with Gasteiger partial charge in [-0.05, 0) is 48.7 Å². The monoisotopic (exact) mass is 283 g/mol. The number of rotatable bonds is 4. The second kappa shape index (κ2) is 5.58. The average Bonchev–Trinajstić information content (AvgIpc) is 2.89. The topological polar surface area (TPSA) is 55.5 Å². The van der Waals surface area contributed by atoms with Crippen LogP contribution in [0.3, 0.4) is 0 Å². The fraction of sp³-hybridized carbons (Fsp3) is 0.235. The summed E-state index contributed by atoms with van der Waals surface area (Å²) in [6, 6.07) is 11.5. The highest BCUT2D eigenvalue weighted by atomic mass is 16.5. The molecule has 1 aromatic heterocycles. The summed E-state index contributed by atoms with van der Waals surface area (Å²) >= 11 is 0. The summed E-state index contributed by atoms with van der Waals surface area (Å²) in [6.45, 7) is 4.32. The van der Waals surface area contributed by atoms with Gasteiger partial charge in [-0.15, -0.1) is 0 Å². The fourth-order valence-electron chi connectivity index (χ4n) is 2.18. The van der Waals surface area contributed by atoms with Crippen LogP contribution >= 0.6 is 0 Å². The molecule has 4 heteroatoms. The molecule has 0 aliphatic carbocycles. The minimum atomic E-state index is -0.00286. The van der Waals surface area contributed by atoms with Gasteiger partial charge >= 0.3 is 0 Å². The van der Waals surface area contributed by atoms with Crippen LogP contribution in [0, 0.1) is 13.8 Å². The van der Waals surface area contributed by atoms with E-state index in [2.05, 4.69) is 11.1 Å². The maximum atomic E-state index is 9.13. The zero-order chi connectivity index (χ0) is 14.8. The molecular formula is C17H17NO3. The summed E-state index contributed by atoms with van der Waals surface area (Å²) in [5.74, 6) is 1.37. The second-order valence-corrected chi connectivity index (χ2v) is 5.13. The number of hydrogen-bond donors (Lipinski definition) is 1. The van der Waals surface area contributed by atoms with Crippen molar-refractivity contribution in [2.24, 2.45) is 0 Å². The van der Waals surface area contributed by atoms with E-state index in [0.29, 0.717) is 11.5 Å². The summed E-state index contributed by atoms with van der Waals surface area (Å²) < 4.78 is 11.4. The van der Waals surface area contributed by atoms with Crippen LogP contribution in [0.25, 0.3) is 11.1 Å². The fourth-order valence-corrected chi connectivity index (χ4v) is 2.18. The lowest BCUT2D eigenvalue weighted by atomic mass is 10.1. The first-order valence-corrected chi connectivity index (χ1v) is 6.85. The van der Waals surface area contributed by atoms with Crippen LogP contribution in [0.15, 0.2) is 40.8 Å². The molecule has 108 valence electrons. The van der Waals surface area contributed by atoms with Gasteiger partial charge in [0.1, 0.15) is 11.3 Å². The summed E-state index contributed by atoms with van der Waals surface area (Å²) in [6.07, 6.45) is 0. The van der Waals surface area contributed by atoms with Crippen molar-refractivity contribution in [2.75, 3.05) is 0 Å². The maximum Gasteiger partial charge on any atom is 0.233 e. The number of fused-ring (bicyclic) bond motifs is 1. The standard InChI is InChI=1S/C17H17NO3/c1-11-3-4-12(2)16(7-11)20-10-17-18-14-8-13(9-19)5-6-15(14)21-17/h3-8,19H,9-10H2,1-2H3. The molecule has 3 rings (SSSR count). The van der Waals surface area contributed by atoms with Crippen molar-refractivity contribution in [2.45, 2.75) is 27.1 Å². The highest BCUT2D eigenvalue weighted by molar-refractivity contribution is 5.73. The predicted octanol–water partition coefficient (Wildman–Crippen LogP) is 3.52. The molecule has 0 unspecified atom stereocenters. The molecule has 0 spiro atoms. The Morgan fingerprint density at radius 1 is 1.14 bits per heavy atom. The molecule has 0 saturated heterocycles. The second-order valence-electron chi connectivity index (χ2n) is 5.13. The summed E-state index contributed by atoms with van der Waals surface area (Å²) in [5, 5.41) is 9.13. The van der Waals surface area contributed by atoms with Crippen LogP contribution in [0.1, 0.15) is 22.6 Å². The van der Waals surface area contributed by atoms with E-state index < -0.39 is 0 Å². The van der Waals surface area contributed by atoms with Crippen LogP contribution < -0.4 is 4.74 Å². The first kappa shape index (κ1) is 13.6. The van der Waals surface area contributed by atoms with E-state index in [-0.39, 0.29) is 13.2 Å². The summed E-state index contributed by atoms with van der Waals surface area (Å²) in [4.78, 5) is 4.39. The van der Waals surface area contributed by atoms with Crippen molar-refractivity contribution >= 4 is 11.1 Å². The van der Waals surface area contributed by atoms with Crippen LogP contribution in [0.5, 0.6) is 5.75 Å². The number of aromatic nitrogens is 1. The first-order chi connectivity index (χ1) is 10.2. The van der Waals surface area contributed by atoms with Crippen LogP contribution in [-0.4, -0.2) is 10.1 Å². The molecule has 0 bridgehead atoms. The molecule has 0 aliphatic rings. The van der Waals surface area contributed by atoms with Gasteiger partial charge < -0.3 is 14.3 Å². The van der Waals surface area contributed by atoms with Gasteiger partial charge in [-0.3, -0.25) is 0 Å². The van der Waals surface area contributed by atoms with E-state index in [1.54, 1.807) is 0 Å². The van der Waals surface area contributed by atoms with E-state index >= 15 is 0 Å². The van der Waals surface area contributed by atoms with Gasteiger partial charge in [0.25, 0.3) is 0 Å². The van der Waals surface area contributed by atoms with Gasteiger partial charge in [0.15, 0.2) is 12.2 Å². The molecule has 0 amide bonds. The number of benzene rings is 2. The molecule has 0 radical (unpaired) electrons. The Bertz CT molecular complexity index is 777. The highest BCUT2D eigenvalue weighted by Crippen LogP contribution is 2.22. The van der Waals surface area contributed by atoms with Gasteiger partial charge in [-0.1, -0.05) is 18.2 Å². The third kappa shape index (κ3) is 2.90. The SMILES string of the molecule is Cc1ccc(C)c(OCc2nc3cc(CO)ccc3o2)c1. The van der Waals surface area contributed by atoms with Gasteiger partial charge in [-0.2, -0.15) is 0 Å². The summed E-state index contributed by atoms with van der Waals surface area (Å²) in [7, 11) is 0. The number of aliphatic hydroxyl groups excluding tert-OH is 1. The van der Waals surface area contributed by atoms with Gasteiger partial charge in [0.05, 0.1) is 6.61 Å². The number of ether oxygens (including phenoxy) is 1. The zero-order valence-electron chi connectivity index (χ0n) is 12.1. The molecule has 21 heavy (non-hydrogen) atoms. The minimum absolute atomic E-state index is 0.00286. The molecule has 4 nitrogen and oxygen atoms in total. The highest BCUT2D eigenvalue weighted by Gasteiger charge is 2.08. The van der Waals surface area contributed by atoms with Gasteiger partial charge in [-0.25, -0.2) is 4.98 Å². The first-order valence-electron chi connectivity index (χ1n) is 6.85. The maximum absolute atomic E-state index is 9.13. The Morgan fingerprint density at radius 2 is 2.00 bits per heavy atom. The number of aryl methyl sites for hydroxylation is 2. The van der Waals surface area contributed by atoms with Gasteiger partial charge in [0.2, 0.25) is 5.89 Å². The van der Waals surface area contributed by atoms with E-state index in [1.807, 2.05) is 44.2 Å². The molecule has 1 heterocycles. The number of hydrogen-bond acceptors (Lipinski definition) is 4. The molecule has 3 aromatic rings. The van der Waals surface area contributed by atoms with Crippen molar-refractivity contribution in [3.63, 3.8) is 0 Å². The molecule has 0 atom stereocenters. The number of oxazole rings is 1. The molecule has 2 aromatic carbocycles. The third-order valence-electron chi connectivity index (χ3n) is 3.37. The summed E-state index contributed by atoms with van der Waals surface area (Å²) in [5.41, 5.74) is 4.49. The quantitative estimate of drug-likeness (QED) is 0.796. The Kier molecular flexibility index (Phi) is 3.62. The molecule has 0 aliphatic heterocycles. The zero-order valence-corrected chi connectivity index (χ0v) is 12.1. The largest absolute Gasteiger partial charge is 0.484 e. The van der Waals surface area contributed by atoms with Crippen molar-refractivity contribution in [1.29, 1.82) is 0 Å². The van der Waals surface area contributed by atoms with E-state index in [0.717, 1.165) is 28.0 Å².